The maximum absolute atomic E-state index is 10.6. The molecule has 0 unspecified atom stereocenters. The van der Waals surface area contributed by atoms with Crippen molar-refractivity contribution in [3.63, 3.8) is 0 Å². The molecular formula is C10H12N4OS. The lowest BCUT2D eigenvalue weighted by Gasteiger charge is -2.04. The number of carbonyl (C=O) groups is 1. The van der Waals surface area contributed by atoms with Gasteiger partial charge in [-0.3, -0.25) is 4.79 Å². The number of nitrogens with two attached hydrogens (primary N) is 1. The van der Waals surface area contributed by atoms with E-state index in [-0.39, 0.29) is 5.91 Å². The summed E-state index contributed by atoms with van der Waals surface area (Å²) in [6.07, 6.45) is 1.82. The molecule has 0 bridgehead atoms. The van der Waals surface area contributed by atoms with Gasteiger partial charge in [-0.15, -0.1) is 11.3 Å². The van der Waals surface area contributed by atoms with E-state index in [1.54, 1.807) is 11.3 Å². The standard InChI is InChI=1S/C10H12N4OS/c1-6-4-16-9-8(6)13-5-14-10(9)12-3-2-7(11)15/h4-5H,2-3H2,1H3,(H2,11,15)(H,12,13,14). The number of hydrogen-bond acceptors (Lipinski definition) is 5. The van der Waals surface area contributed by atoms with Crippen LogP contribution in [-0.2, 0) is 4.79 Å². The molecule has 0 aliphatic heterocycles. The predicted molar refractivity (Wildman–Crippen MR) is 64.5 cm³/mol. The number of fused-ring (bicyclic) bond motifs is 1. The molecule has 3 N–H and O–H groups in total. The van der Waals surface area contributed by atoms with Crippen LogP contribution in [0.15, 0.2) is 11.7 Å². The molecule has 5 nitrogen and oxygen atoms in total. The summed E-state index contributed by atoms with van der Waals surface area (Å²) in [7, 11) is 0. The number of aromatic nitrogens is 2. The van der Waals surface area contributed by atoms with Crippen LogP contribution in [-0.4, -0.2) is 22.4 Å². The molecule has 0 saturated heterocycles. The normalized spacial score (nSPS) is 10.6. The first kappa shape index (κ1) is 10.8. The second kappa shape index (κ2) is 4.44. The van der Waals surface area contributed by atoms with E-state index in [0.29, 0.717) is 13.0 Å². The second-order valence-electron chi connectivity index (χ2n) is 3.46. The zero-order chi connectivity index (χ0) is 11.5. The maximum atomic E-state index is 10.6. The van der Waals surface area contributed by atoms with E-state index in [1.807, 2.05) is 12.3 Å². The van der Waals surface area contributed by atoms with Gasteiger partial charge < -0.3 is 11.1 Å². The molecule has 84 valence electrons. The van der Waals surface area contributed by atoms with Crippen LogP contribution in [0, 0.1) is 6.92 Å². The number of thiophene rings is 1. The fourth-order valence-electron chi connectivity index (χ4n) is 1.40. The van der Waals surface area contributed by atoms with Crippen molar-refractivity contribution in [2.45, 2.75) is 13.3 Å². The number of carbonyl (C=O) groups excluding carboxylic acids is 1. The molecule has 0 aliphatic carbocycles. The van der Waals surface area contributed by atoms with Gasteiger partial charge in [0.15, 0.2) is 0 Å². The number of rotatable bonds is 4. The van der Waals surface area contributed by atoms with Gasteiger partial charge in [-0.05, 0) is 17.9 Å². The van der Waals surface area contributed by atoms with Gasteiger partial charge in [-0.1, -0.05) is 0 Å². The van der Waals surface area contributed by atoms with Crippen LogP contribution in [0.4, 0.5) is 5.82 Å². The van der Waals surface area contributed by atoms with E-state index in [0.717, 1.165) is 21.6 Å². The molecule has 1 amide bonds. The molecule has 0 radical (unpaired) electrons. The Hall–Kier alpha value is -1.69. The smallest absolute Gasteiger partial charge is 0.219 e. The lowest BCUT2D eigenvalue weighted by atomic mass is 10.3. The molecular weight excluding hydrogens is 224 g/mol. The van der Waals surface area contributed by atoms with Crippen molar-refractivity contribution in [3.05, 3.63) is 17.3 Å². The first-order chi connectivity index (χ1) is 7.68. The third-order valence-electron chi connectivity index (χ3n) is 2.19. The maximum Gasteiger partial charge on any atom is 0.219 e. The highest BCUT2D eigenvalue weighted by Crippen LogP contribution is 2.28. The third-order valence-corrected chi connectivity index (χ3v) is 3.29. The van der Waals surface area contributed by atoms with Crippen molar-refractivity contribution in [1.82, 2.24) is 9.97 Å². The molecule has 0 aliphatic rings. The van der Waals surface area contributed by atoms with E-state index in [9.17, 15) is 4.79 Å². The predicted octanol–water partition coefficient (Wildman–Crippen LogP) is 1.29. The highest BCUT2D eigenvalue weighted by Gasteiger charge is 2.07. The minimum Gasteiger partial charge on any atom is -0.370 e. The Balaban J connectivity index is 2.20. The van der Waals surface area contributed by atoms with Crippen LogP contribution in [0.25, 0.3) is 10.2 Å². The SMILES string of the molecule is Cc1csc2c(NCCC(N)=O)ncnc12. The van der Waals surface area contributed by atoms with Crippen LogP contribution in [0.3, 0.4) is 0 Å². The Kier molecular flexibility index (Phi) is 3.00. The van der Waals surface area contributed by atoms with E-state index < -0.39 is 0 Å². The summed E-state index contributed by atoms with van der Waals surface area (Å²) < 4.78 is 1.02. The van der Waals surface area contributed by atoms with Crippen molar-refractivity contribution in [3.8, 4) is 0 Å². The molecule has 0 fully saturated rings. The van der Waals surface area contributed by atoms with Gasteiger partial charge in [-0.2, -0.15) is 0 Å². The van der Waals surface area contributed by atoms with Crippen molar-refractivity contribution >= 4 is 33.3 Å². The molecule has 6 heteroatoms. The molecule has 0 aromatic carbocycles. The Labute approximate surface area is 96.7 Å². The molecule has 0 saturated carbocycles. The number of nitrogens with zero attached hydrogens (tertiary/aromatic N) is 2. The van der Waals surface area contributed by atoms with Crippen LogP contribution in [0.1, 0.15) is 12.0 Å². The Bertz CT molecular complexity index is 523. The van der Waals surface area contributed by atoms with Crippen molar-refractivity contribution in [2.75, 3.05) is 11.9 Å². The van der Waals surface area contributed by atoms with Crippen molar-refractivity contribution in [1.29, 1.82) is 0 Å². The summed E-state index contributed by atoms with van der Waals surface area (Å²) in [5.41, 5.74) is 7.16. The number of primary amides is 1. The highest BCUT2D eigenvalue weighted by atomic mass is 32.1. The number of aryl methyl sites for hydroxylation is 1. The summed E-state index contributed by atoms with van der Waals surface area (Å²) in [5.74, 6) is 0.449. The van der Waals surface area contributed by atoms with Crippen LogP contribution in [0.5, 0.6) is 0 Å². The number of anilines is 1. The molecule has 2 aromatic heterocycles. The first-order valence-corrected chi connectivity index (χ1v) is 5.77. The van der Waals surface area contributed by atoms with E-state index in [1.165, 1.54) is 6.33 Å². The quantitative estimate of drug-likeness (QED) is 0.838. The zero-order valence-electron chi connectivity index (χ0n) is 8.86. The van der Waals surface area contributed by atoms with Crippen LogP contribution < -0.4 is 11.1 Å². The summed E-state index contributed by atoms with van der Waals surface area (Å²) in [4.78, 5) is 19.0. The number of hydrogen-bond donors (Lipinski definition) is 2. The first-order valence-electron chi connectivity index (χ1n) is 4.89. The lowest BCUT2D eigenvalue weighted by molar-refractivity contribution is -0.117. The molecule has 0 atom stereocenters. The summed E-state index contributed by atoms with van der Waals surface area (Å²) in [5, 5.41) is 5.13. The fourth-order valence-corrected chi connectivity index (χ4v) is 2.37. The van der Waals surface area contributed by atoms with Crippen molar-refractivity contribution < 1.29 is 4.79 Å². The third kappa shape index (κ3) is 2.11. The van der Waals surface area contributed by atoms with Gasteiger partial charge >= 0.3 is 0 Å². The largest absolute Gasteiger partial charge is 0.370 e. The van der Waals surface area contributed by atoms with Gasteiger partial charge in [-0.25, -0.2) is 9.97 Å². The zero-order valence-corrected chi connectivity index (χ0v) is 9.67. The molecule has 2 heterocycles. The highest BCUT2D eigenvalue weighted by molar-refractivity contribution is 7.18. The van der Waals surface area contributed by atoms with Gasteiger partial charge in [0.05, 0.1) is 10.2 Å². The summed E-state index contributed by atoms with van der Waals surface area (Å²) in [6, 6.07) is 0. The monoisotopic (exact) mass is 236 g/mol. The number of nitrogens with one attached hydrogen (secondary N) is 1. The van der Waals surface area contributed by atoms with E-state index >= 15 is 0 Å². The topological polar surface area (TPSA) is 80.9 Å². The average molecular weight is 236 g/mol. The van der Waals surface area contributed by atoms with Crippen LogP contribution >= 0.6 is 11.3 Å². The van der Waals surface area contributed by atoms with Crippen molar-refractivity contribution in [2.24, 2.45) is 5.73 Å². The number of amides is 1. The minimum absolute atomic E-state index is 0.301. The van der Waals surface area contributed by atoms with E-state index in [4.69, 9.17) is 5.73 Å². The van der Waals surface area contributed by atoms with Gasteiger partial charge in [0.25, 0.3) is 0 Å². The Morgan fingerprint density at radius 1 is 1.56 bits per heavy atom. The molecule has 2 aromatic rings. The average Bonchev–Trinajstić information content (AvgIpc) is 2.61. The van der Waals surface area contributed by atoms with Gasteiger partial charge in [0.2, 0.25) is 5.91 Å². The van der Waals surface area contributed by atoms with Gasteiger partial charge in [0.1, 0.15) is 12.1 Å². The van der Waals surface area contributed by atoms with E-state index in [2.05, 4.69) is 15.3 Å². The molecule has 16 heavy (non-hydrogen) atoms. The lowest BCUT2D eigenvalue weighted by Crippen LogP contribution is -2.16. The molecule has 2 rings (SSSR count). The Morgan fingerprint density at radius 3 is 3.12 bits per heavy atom. The summed E-state index contributed by atoms with van der Waals surface area (Å²) in [6.45, 7) is 2.51. The minimum atomic E-state index is -0.319. The van der Waals surface area contributed by atoms with Gasteiger partial charge in [0, 0.05) is 13.0 Å². The Morgan fingerprint density at radius 2 is 2.38 bits per heavy atom. The van der Waals surface area contributed by atoms with Crippen LogP contribution in [0.2, 0.25) is 0 Å². The molecule has 0 spiro atoms. The fraction of sp³-hybridized carbons (Fsp3) is 0.300. The summed E-state index contributed by atoms with van der Waals surface area (Å²) >= 11 is 1.60. The second-order valence-corrected chi connectivity index (χ2v) is 4.34.